The molecule has 2 aliphatic rings. The van der Waals surface area contributed by atoms with E-state index in [-0.39, 0.29) is 29.4 Å². The van der Waals surface area contributed by atoms with Gasteiger partial charge in [0.25, 0.3) is 5.91 Å². The molecule has 3 N–H and O–H groups in total. The Kier molecular flexibility index (Phi) is 10.7. The number of hydrogen-bond donors (Lipinski definition) is 3. The lowest BCUT2D eigenvalue weighted by Gasteiger charge is -2.39. The number of amides is 2. The molecule has 1 aromatic rings. The highest BCUT2D eigenvalue weighted by molar-refractivity contribution is 6.43. The van der Waals surface area contributed by atoms with E-state index in [9.17, 15) is 24.9 Å². The first-order valence-electron chi connectivity index (χ1n) is 14.8. The number of carbonyl (C=O) groups is 2. The van der Waals surface area contributed by atoms with Crippen molar-refractivity contribution >= 4 is 27.0 Å². The van der Waals surface area contributed by atoms with E-state index in [2.05, 4.69) is 31.1 Å². The summed E-state index contributed by atoms with van der Waals surface area (Å²) in [6.07, 6.45) is 5.01. The van der Waals surface area contributed by atoms with Gasteiger partial charge in [0.2, 0.25) is 0 Å². The third kappa shape index (κ3) is 8.37. The SMILES string of the molecule is BC1(C)CCN(C(C)(C)/C=C(\C#N)C(=O)N2C(CC)CCC2(C)COC(=O)NC(CCc2ccccc2)B(O)O)C1. The number of nitriles is 1. The highest BCUT2D eigenvalue weighted by Gasteiger charge is 2.47. The Bertz CT molecular complexity index is 1140. The molecule has 2 saturated heterocycles. The number of nitrogens with zero attached hydrogens (tertiary/aromatic N) is 3. The van der Waals surface area contributed by atoms with E-state index in [1.54, 1.807) is 11.0 Å². The quantitative estimate of drug-likeness (QED) is 0.214. The van der Waals surface area contributed by atoms with Gasteiger partial charge in [0.05, 0.1) is 11.5 Å². The minimum atomic E-state index is -1.75. The third-order valence-corrected chi connectivity index (χ3v) is 8.76. The van der Waals surface area contributed by atoms with Gasteiger partial charge in [-0.1, -0.05) is 44.2 Å². The summed E-state index contributed by atoms with van der Waals surface area (Å²) in [7, 11) is 0.483. The Labute approximate surface area is 246 Å². The molecule has 11 heteroatoms. The van der Waals surface area contributed by atoms with Crippen LogP contribution >= 0.6 is 0 Å². The van der Waals surface area contributed by atoms with Crippen molar-refractivity contribution < 1.29 is 24.4 Å². The van der Waals surface area contributed by atoms with Crippen LogP contribution < -0.4 is 5.32 Å². The molecule has 0 aliphatic carbocycles. The lowest BCUT2D eigenvalue weighted by molar-refractivity contribution is -0.134. The fourth-order valence-corrected chi connectivity index (χ4v) is 6.10. The maximum absolute atomic E-state index is 13.9. The van der Waals surface area contributed by atoms with Crippen molar-refractivity contribution in [2.75, 3.05) is 19.7 Å². The molecule has 1 aromatic carbocycles. The minimum absolute atomic E-state index is 0.0730. The molecule has 41 heavy (non-hydrogen) atoms. The molecule has 2 aliphatic heterocycles. The number of ether oxygens (including phenoxy) is 1. The lowest BCUT2D eigenvalue weighted by Crippen LogP contribution is -2.54. The zero-order chi connectivity index (χ0) is 30.4. The number of likely N-dealkylation sites (tertiary alicyclic amines) is 2. The van der Waals surface area contributed by atoms with E-state index < -0.39 is 30.2 Å². The topological polar surface area (TPSA) is 126 Å². The van der Waals surface area contributed by atoms with Crippen LogP contribution in [0.25, 0.3) is 0 Å². The number of benzene rings is 1. The predicted octanol–water partition coefficient (Wildman–Crippen LogP) is 2.63. The fourth-order valence-electron chi connectivity index (χ4n) is 6.10. The van der Waals surface area contributed by atoms with Crippen molar-refractivity contribution in [1.82, 2.24) is 15.1 Å². The van der Waals surface area contributed by atoms with Gasteiger partial charge in [-0.15, -0.1) is 0 Å². The van der Waals surface area contributed by atoms with Gasteiger partial charge in [0, 0.05) is 11.6 Å². The van der Waals surface area contributed by atoms with Crippen LogP contribution in [-0.2, 0) is 16.0 Å². The summed E-state index contributed by atoms with van der Waals surface area (Å²) in [5, 5.41) is 32.5. The molecule has 4 atom stereocenters. The summed E-state index contributed by atoms with van der Waals surface area (Å²) in [5.41, 5.74) is -0.158. The standard InChI is InChI=1S/C30H46B2N4O5/c1-6-24-14-15-30(5,21-41-27(38)34-25(32(39)40)13-12-22-10-8-7-9-11-22)36(24)26(37)23(19-33)18-28(2,3)35-17-16-29(4,31)20-35/h7-11,18,24-25,39-40H,6,12-17,20-21,31H2,1-5H3,(H,34,38)/b23-18+. The fraction of sp³-hybridized carbons (Fsp3) is 0.633. The number of hydrogen-bond acceptors (Lipinski definition) is 7. The molecule has 4 unspecified atom stereocenters. The molecule has 222 valence electrons. The first kappa shape index (κ1) is 32.7. The van der Waals surface area contributed by atoms with Crippen LogP contribution in [-0.4, -0.2) is 89.6 Å². The van der Waals surface area contributed by atoms with E-state index in [1.807, 2.05) is 58.0 Å². The molecule has 2 amide bonds. The Morgan fingerprint density at radius 2 is 1.98 bits per heavy atom. The Morgan fingerprint density at radius 3 is 2.54 bits per heavy atom. The van der Waals surface area contributed by atoms with Gasteiger partial charge in [0.15, 0.2) is 0 Å². The van der Waals surface area contributed by atoms with E-state index in [4.69, 9.17) is 4.74 Å². The van der Waals surface area contributed by atoms with Crippen molar-refractivity contribution in [1.29, 1.82) is 5.26 Å². The molecule has 9 nitrogen and oxygen atoms in total. The van der Waals surface area contributed by atoms with Crippen LogP contribution in [0, 0.1) is 11.3 Å². The second-order valence-electron chi connectivity index (χ2n) is 13.2. The summed E-state index contributed by atoms with van der Waals surface area (Å²) in [6, 6.07) is 11.7. The molecule has 0 radical (unpaired) electrons. The molecule has 2 fully saturated rings. The maximum Gasteiger partial charge on any atom is 0.475 e. The van der Waals surface area contributed by atoms with Gasteiger partial charge in [-0.2, -0.15) is 5.26 Å². The molecular weight excluding hydrogens is 518 g/mol. The second kappa shape index (κ2) is 13.5. The smallest absolute Gasteiger partial charge is 0.447 e. The highest BCUT2D eigenvalue weighted by atomic mass is 16.6. The van der Waals surface area contributed by atoms with Crippen LogP contribution in [0.4, 0.5) is 4.79 Å². The number of aryl methyl sites for hydroxylation is 1. The van der Waals surface area contributed by atoms with Crippen LogP contribution in [0.15, 0.2) is 42.0 Å². The number of carbonyl (C=O) groups excluding carboxylic acids is 2. The molecule has 2 heterocycles. The van der Waals surface area contributed by atoms with Crippen molar-refractivity contribution in [2.24, 2.45) is 0 Å². The minimum Gasteiger partial charge on any atom is -0.447 e. The van der Waals surface area contributed by atoms with E-state index in [0.717, 1.165) is 31.5 Å². The first-order chi connectivity index (χ1) is 19.2. The van der Waals surface area contributed by atoms with Gasteiger partial charge >= 0.3 is 13.2 Å². The number of rotatable bonds is 11. The normalized spacial score (nSPS) is 26.0. The summed E-state index contributed by atoms with van der Waals surface area (Å²) >= 11 is 0. The monoisotopic (exact) mass is 564 g/mol. The maximum atomic E-state index is 13.9. The van der Waals surface area contributed by atoms with Crippen molar-refractivity contribution in [3.8, 4) is 6.07 Å². The van der Waals surface area contributed by atoms with Gasteiger partial charge in [0.1, 0.15) is 26.1 Å². The summed E-state index contributed by atoms with van der Waals surface area (Å²) < 4.78 is 5.58. The zero-order valence-corrected chi connectivity index (χ0v) is 25.5. The van der Waals surface area contributed by atoms with Crippen molar-refractivity contribution in [3.63, 3.8) is 0 Å². The molecule has 0 saturated carbocycles. The molecule has 0 spiro atoms. The number of nitrogens with one attached hydrogen (secondary N) is 1. The predicted molar refractivity (Wildman–Crippen MR) is 163 cm³/mol. The molecule has 3 rings (SSSR count). The van der Waals surface area contributed by atoms with Crippen molar-refractivity contribution in [3.05, 3.63) is 47.5 Å². The number of alkyl carbamates (subject to hydrolysis) is 1. The zero-order valence-electron chi connectivity index (χ0n) is 25.5. The van der Waals surface area contributed by atoms with Gasteiger partial charge in [-0.3, -0.25) is 9.69 Å². The molecule has 0 aromatic heterocycles. The first-order valence-corrected chi connectivity index (χ1v) is 14.8. The Balaban J connectivity index is 1.69. The summed E-state index contributed by atoms with van der Waals surface area (Å²) in [5.74, 6) is -1.26. The third-order valence-electron chi connectivity index (χ3n) is 8.76. The summed E-state index contributed by atoms with van der Waals surface area (Å²) in [6.45, 7) is 11.9. The van der Waals surface area contributed by atoms with Crippen LogP contribution in [0.1, 0.15) is 72.3 Å². The molecular formula is C30H46B2N4O5. The Morgan fingerprint density at radius 1 is 1.29 bits per heavy atom. The van der Waals surface area contributed by atoms with Gasteiger partial charge < -0.3 is 25.0 Å². The second-order valence-corrected chi connectivity index (χ2v) is 13.2. The summed E-state index contributed by atoms with van der Waals surface area (Å²) in [4.78, 5) is 30.7. The van der Waals surface area contributed by atoms with E-state index >= 15 is 0 Å². The van der Waals surface area contributed by atoms with Crippen LogP contribution in [0.3, 0.4) is 0 Å². The van der Waals surface area contributed by atoms with E-state index in [0.29, 0.717) is 25.7 Å². The van der Waals surface area contributed by atoms with Gasteiger partial charge in [-0.25, -0.2) is 4.79 Å². The molecule has 0 bridgehead atoms. The van der Waals surface area contributed by atoms with Crippen LogP contribution in [0.2, 0.25) is 5.31 Å². The largest absolute Gasteiger partial charge is 0.475 e. The van der Waals surface area contributed by atoms with Gasteiger partial charge in [-0.05, 0) is 89.3 Å². The van der Waals surface area contributed by atoms with Crippen molar-refractivity contribution in [2.45, 2.75) is 102 Å². The Hall–Kier alpha value is -2.80. The average Bonchev–Trinajstić information content (AvgIpc) is 3.47. The average molecular weight is 564 g/mol. The van der Waals surface area contributed by atoms with E-state index in [1.165, 1.54) is 0 Å². The highest BCUT2D eigenvalue weighted by Crippen LogP contribution is 2.39. The lowest BCUT2D eigenvalue weighted by atomic mass is 9.70. The van der Waals surface area contributed by atoms with Crippen LogP contribution in [0.5, 0.6) is 0 Å².